The van der Waals surface area contributed by atoms with E-state index in [0.717, 1.165) is 65.0 Å². The Morgan fingerprint density at radius 3 is 2.52 bits per heavy atom. The topological polar surface area (TPSA) is 56.1 Å². The standard InChI is InChI=1S/C30H28F4N2O4/c1-38-19-4-6-25-21(11-19)22-12-26-20-13-28(39-2)29(10-18(20)7-8-35(26)14-27(22)36(25)16-37)40-15-17-3-5-23(24(31)9-17)30(32,33)34/h3-6,9-11,13,26,37H,7-8,12,14-16H2,1-2H3. The maximum Gasteiger partial charge on any atom is 0.419 e. The first-order chi connectivity index (χ1) is 19.2. The molecule has 1 N–H and O–H groups in total. The molecule has 1 unspecified atom stereocenters. The van der Waals surface area contributed by atoms with E-state index < -0.39 is 17.6 Å². The number of alkyl halides is 3. The van der Waals surface area contributed by atoms with E-state index in [2.05, 4.69) is 4.90 Å². The highest BCUT2D eigenvalue weighted by Gasteiger charge is 2.36. The van der Waals surface area contributed by atoms with E-state index in [1.54, 1.807) is 7.11 Å². The van der Waals surface area contributed by atoms with Gasteiger partial charge in [-0.3, -0.25) is 4.90 Å². The van der Waals surface area contributed by atoms with Gasteiger partial charge in [0.05, 0.1) is 25.3 Å². The number of fused-ring (bicyclic) bond motifs is 6. The fourth-order valence-corrected chi connectivity index (χ4v) is 6.04. The van der Waals surface area contributed by atoms with Gasteiger partial charge in [-0.05, 0) is 77.6 Å². The van der Waals surface area contributed by atoms with Crippen LogP contribution in [0.4, 0.5) is 17.6 Å². The summed E-state index contributed by atoms with van der Waals surface area (Å²) < 4.78 is 71.8. The van der Waals surface area contributed by atoms with Crippen molar-refractivity contribution < 1.29 is 36.9 Å². The summed E-state index contributed by atoms with van der Waals surface area (Å²) in [5.74, 6) is 0.377. The van der Waals surface area contributed by atoms with Gasteiger partial charge in [0.15, 0.2) is 11.5 Å². The number of aliphatic hydroxyl groups is 1. The Hall–Kier alpha value is -3.76. The zero-order valence-electron chi connectivity index (χ0n) is 22.0. The molecule has 1 atom stereocenters. The average molecular weight is 557 g/mol. The smallest absolute Gasteiger partial charge is 0.419 e. The van der Waals surface area contributed by atoms with Crippen molar-refractivity contribution in [2.75, 3.05) is 20.8 Å². The summed E-state index contributed by atoms with van der Waals surface area (Å²) >= 11 is 0. The molecular formula is C30H28F4N2O4. The average Bonchev–Trinajstić information content (AvgIpc) is 3.25. The van der Waals surface area contributed by atoms with Crippen LogP contribution in [0, 0.1) is 5.82 Å². The van der Waals surface area contributed by atoms with Crippen LogP contribution in [-0.4, -0.2) is 35.3 Å². The highest BCUT2D eigenvalue weighted by Crippen LogP contribution is 2.45. The summed E-state index contributed by atoms with van der Waals surface area (Å²) in [6.45, 7) is 1.29. The van der Waals surface area contributed by atoms with Crippen LogP contribution in [0.3, 0.4) is 0 Å². The summed E-state index contributed by atoms with van der Waals surface area (Å²) in [7, 11) is 3.17. The quantitative estimate of drug-likeness (QED) is 0.295. The summed E-state index contributed by atoms with van der Waals surface area (Å²) in [4.78, 5) is 2.40. The van der Waals surface area contributed by atoms with Crippen LogP contribution in [0.2, 0.25) is 0 Å². The van der Waals surface area contributed by atoms with Crippen molar-refractivity contribution in [3.8, 4) is 17.2 Å². The Kier molecular flexibility index (Phi) is 6.62. The summed E-state index contributed by atoms with van der Waals surface area (Å²) in [5.41, 5.74) is 4.45. The molecular weight excluding hydrogens is 528 g/mol. The van der Waals surface area contributed by atoms with Crippen LogP contribution in [-0.2, 0) is 38.9 Å². The second kappa shape index (κ2) is 10.0. The predicted octanol–water partition coefficient (Wildman–Crippen LogP) is 6.00. The molecule has 1 aromatic heterocycles. The molecule has 40 heavy (non-hydrogen) atoms. The number of halogens is 4. The number of aliphatic hydroxyl groups excluding tert-OH is 1. The Morgan fingerprint density at radius 1 is 1.00 bits per heavy atom. The van der Waals surface area contributed by atoms with Gasteiger partial charge in [0, 0.05) is 30.2 Å². The Balaban J connectivity index is 1.30. The van der Waals surface area contributed by atoms with Crippen molar-refractivity contribution >= 4 is 10.9 Å². The van der Waals surface area contributed by atoms with Gasteiger partial charge in [-0.2, -0.15) is 13.2 Å². The largest absolute Gasteiger partial charge is 0.497 e. The molecule has 210 valence electrons. The van der Waals surface area contributed by atoms with Gasteiger partial charge in [-0.25, -0.2) is 4.39 Å². The minimum atomic E-state index is -4.75. The molecule has 0 saturated heterocycles. The van der Waals surface area contributed by atoms with E-state index in [1.807, 2.05) is 34.9 Å². The third kappa shape index (κ3) is 4.45. The molecule has 10 heteroatoms. The molecule has 0 amide bonds. The third-order valence-corrected chi connectivity index (χ3v) is 8.01. The lowest BCUT2D eigenvalue weighted by Gasteiger charge is -2.41. The number of hydrogen-bond donors (Lipinski definition) is 1. The number of rotatable bonds is 6. The van der Waals surface area contributed by atoms with Gasteiger partial charge in [0.2, 0.25) is 0 Å². The normalized spacial score (nSPS) is 16.8. The Bertz CT molecular complexity index is 1600. The number of ether oxygens (including phenoxy) is 3. The first kappa shape index (κ1) is 26.5. The fourth-order valence-electron chi connectivity index (χ4n) is 6.04. The lowest BCUT2D eigenvalue weighted by atomic mass is 9.85. The van der Waals surface area contributed by atoms with Gasteiger partial charge < -0.3 is 23.9 Å². The lowest BCUT2D eigenvalue weighted by molar-refractivity contribution is -0.140. The molecule has 0 fully saturated rings. The Morgan fingerprint density at radius 2 is 1.82 bits per heavy atom. The minimum Gasteiger partial charge on any atom is -0.497 e. The predicted molar refractivity (Wildman–Crippen MR) is 140 cm³/mol. The summed E-state index contributed by atoms with van der Waals surface area (Å²) in [6.07, 6.45) is -3.24. The zero-order chi connectivity index (χ0) is 28.2. The van der Waals surface area contributed by atoms with Gasteiger partial charge in [-0.1, -0.05) is 6.07 Å². The highest BCUT2D eigenvalue weighted by atomic mass is 19.4. The molecule has 0 aliphatic carbocycles. The number of benzene rings is 3. The highest BCUT2D eigenvalue weighted by molar-refractivity contribution is 5.87. The van der Waals surface area contributed by atoms with E-state index >= 15 is 0 Å². The number of methoxy groups -OCH3 is 2. The molecule has 0 spiro atoms. The third-order valence-electron chi connectivity index (χ3n) is 8.01. The summed E-state index contributed by atoms with van der Waals surface area (Å²) in [6, 6.07) is 12.7. The number of nitrogens with zero attached hydrogens (tertiary/aromatic N) is 2. The molecule has 4 aromatic rings. The van der Waals surface area contributed by atoms with Crippen LogP contribution in [0.25, 0.3) is 10.9 Å². The van der Waals surface area contributed by atoms with Gasteiger partial charge >= 0.3 is 6.18 Å². The first-order valence-corrected chi connectivity index (χ1v) is 12.9. The van der Waals surface area contributed by atoms with Gasteiger partial charge in [0.25, 0.3) is 0 Å². The van der Waals surface area contributed by atoms with Crippen molar-refractivity contribution in [2.45, 2.75) is 44.9 Å². The van der Waals surface area contributed by atoms with Crippen molar-refractivity contribution in [3.05, 3.63) is 87.9 Å². The molecule has 0 bridgehead atoms. The van der Waals surface area contributed by atoms with Crippen LogP contribution >= 0.6 is 0 Å². The minimum absolute atomic E-state index is 0.0900. The van der Waals surface area contributed by atoms with Crippen molar-refractivity contribution in [1.82, 2.24) is 9.47 Å². The molecule has 3 aromatic carbocycles. The van der Waals surface area contributed by atoms with Crippen LogP contribution in [0.15, 0.2) is 48.5 Å². The second-order valence-corrected chi connectivity index (χ2v) is 10.1. The maximum absolute atomic E-state index is 14.0. The molecule has 6 nitrogen and oxygen atoms in total. The number of hydrogen-bond acceptors (Lipinski definition) is 5. The SMILES string of the molecule is COc1ccc2c(c1)c1c(n2CO)CN2CCc3cc(OCc4ccc(C(F)(F)F)c(F)c4)c(OC)cc3C2C1. The zero-order valence-corrected chi connectivity index (χ0v) is 22.0. The van der Waals surface area contributed by atoms with Crippen molar-refractivity contribution in [3.63, 3.8) is 0 Å². The van der Waals surface area contributed by atoms with E-state index in [1.165, 1.54) is 18.7 Å². The van der Waals surface area contributed by atoms with Crippen LogP contribution in [0.5, 0.6) is 17.2 Å². The van der Waals surface area contributed by atoms with Crippen LogP contribution < -0.4 is 14.2 Å². The Labute approximate surface area is 228 Å². The summed E-state index contributed by atoms with van der Waals surface area (Å²) in [5, 5.41) is 11.2. The maximum atomic E-state index is 14.0. The van der Waals surface area contributed by atoms with E-state index in [9.17, 15) is 22.7 Å². The molecule has 2 aliphatic rings. The van der Waals surface area contributed by atoms with Crippen molar-refractivity contribution in [2.24, 2.45) is 0 Å². The van der Waals surface area contributed by atoms with E-state index in [-0.39, 0.29) is 24.9 Å². The van der Waals surface area contributed by atoms with Crippen molar-refractivity contribution in [1.29, 1.82) is 0 Å². The molecule has 0 saturated carbocycles. The second-order valence-electron chi connectivity index (χ2n) is 10.1. The number of aromatic nitrogens is 1. The van der Waals surface area contributed by atoms with Crippen LogP contribution in [0.1, 0.15) is 39.6 Å². The van der Waals surface area contributed by atoms with Gasteiger partial charge in [-0.15, -0.1) is 0 Å². The lowest BCUT2D eigenvalue weighted by Crippen LogP contribution is -2.39. The van der Waals surface area contributed by atoms with E-state index in [4.69, 9.17) is 14.2 Å². The first-order valence-electron chi connectivity index (χ1n) is 12.9. The molecule has 0 radical (unpaired) electrons. The molecule has 3 heterocycles. The molecule has 6 rings (SSSR count). The fraction of sp³-hybridized carbons (Fsp3) is 0.333. The monoisotopic (exact) mass is 556 g/mol. The molecule has 2 aliphatic heterocycles. The van der Waals surface area contributed by atoms with E-state index in [0.29, 0.717) is 18.0 Å². The van der Waals surface area contributed by atoms with Gasteiger partial charge in [0.1, 0.15) is 24.9 Å².